The van der Waals surface area contributed by atoms with Crippen LogP contribution in [0.15, 0.2) is 0 Å². The highest BCUT2D eigenvalue weighted by molar-refractivity contribution is 5.70. The molecule has 6 fully saturated rings. The fourth-order valence-electron chi connectivity index (χ4n) is 12.6. The number of hydrogen-bond donors (Lipinski definition) is 8. The molecule has 6 aliphatic heterocycles. The number of unbranched alkanes of at least 4 members (excludes halogenated alkanes) is 12. The number of ether oxygens (including phenoxy) is 13. The number of rotatable bonds is 26. The van der Waals surface area contributed by atoms with E-state index in [1.165, 1.54) is 27.2 Å². The van der Waals surface area contributed by atoms with E-state index in [-0.39, 0.29) is 25.4 Å². The second-order valence-electron chi connectivity index (χ2n) is 25.5. The molecule has 0 bridgehead atoms. The first-order chi connectivity index (χ1) is 42.2. The first kappa shape index (κ1) is 74.7. The van der Waals surface area contributed by atoms with Crippen molar-refractivity contribution in [3.05, 3.63) is 0 Å². The SMILES string of the molecule is CCCCCCCCCCCC(=O)OC1C(OC2C(C)OC3OC4C(OC(CCCCC)CCCCCCCCCC(=O)OC3C2O)OC(C)C(O)C4O)OC(C)C(OC2OC(C)C(OC(=O)CCCCC)C(O)C2O)C1OC1OC(C)C(O)C(O)C1O. The van der Waals surface area contributed by atoms with Crippen LogP contribution in [0.3, 0.4) is 0 Å². The summed E-state index contributed by atoms with van der Waals surface area (Å²) < 4.78 is 82.5. The molecule has 0 aliphatic carbocycles. The van der Waals surface area contributed by atoms with Gasteiger partial charge in [0, 0.05) is 19.3 Å². The van der Waals surface area contributed by atoms with Gasteiger partial charge in [0.05, 0.1) is 36.6 Å². The zero-order valence-electron chi connectivity index (χ0n) is 53.7. The van der Waals surface area contributed by atoms with Crippen LogP contribution in [0, 0.1) is 0 Å². The molecule has 0 aromatic heterocycles. The van der Waals surface area contributed by atoms with Crippen LogP contribution in [0.5, 0.6) is 0 Å². The number of aliphatic hydroxyl groups is 8. The summed E-state index contributed by atoms with van der Waals surface area (Å²) in [6.07, 6.45) is -17.0. The van der Waals surface area contributed by atoms with Crippen molar-refractivity contribution < 1.29 is 117 Å². The Morgan fingerprint density at radius 2 is 0.852 bits per heavy atom. The van der Waals surface area contributed by atoms with Gasteiger partial charge < -0.3 is 102 Å². The van der Waals surface area contributed by atoms with Crippen LogP contribution in [-0.4, -0.2) is 218 Å². The van der Waals surface area contributed by atoms with Crippen molar-refractivity contribution in [2.24, 2.45) is 0 Å². The van der Waals surface area contributed by atoms with Crippen molar-refractivity contribution >= 4 is 17.9 Å². The molecule has 0 saturated carbocycles. The Labute approximate surface area is 521 Å². The van der Waals surface area contributed by atoms with Crippen LogP contribution >= 0.6 is 0 Å². The minimum atomic E-state index is -1.90. The standard InChI is InChI=1S/C64H112O24/c1-9-12-15-16-17-18-21-24-30-35-44(67)84-59-58(88-60-50(73)47(70)45(68)36(4)76-60)55(86-61-51(74)49(72)53(38(6)78-61)82-42(65)33-27-14-11-3)40(8)80-64(59)85-54-39(7)79-63-57(52(54)75)83-43(66)34-29-25-22-19-20-23-28-32-41(31-26-13-10-2)81-62-56(87-63)48(71)46(69)37(5)77-62/h36-41,45-64,68-75H,9-35H2,1-8H3. The van der Waals surface area contributed by atoms with E-state index in [9.17, 15) is 55.2 Å². The average Bonchev–Trinajstić information content (AvgIpc) is 0.894. The molecule has 0 spiro atoms. The molecule has 8 N–H and O–H groups in total. The molecular formula is C64H112O24. The Morgan fingerprint density at radius 3 is 1.51 bits per heavy atom. The molecule has 0 amide bonds. The number of aliphatic hydroxyl groups excluding tert-OH is 8. The fraction of sp³-hybridized carbons (Fsp3) is 0.953. The molecule has 6 aliphatic rings. The van der Waals surface area contributed by atoms with Gasteiger partial charge >= 0.3 is 17.9 Å². The van der Waals surface area contributed by atoms with Gasteiger partial charge in [-0.1, -0.05) is 143 Å². The molecule has 26 unspecified atom stereocenters. The monoisotopic (exact) mass is 1260 g/mol. The zero-order chi connectivity index (χ0) is 64.0. The summed E-state index contributed by atoms with van der Waals surface area (Å²) in [5.74, 6) is -2.02. The summed E-state index contributed by atoms with van der Waals surface area (Å²) in [5.41, 5.74) is 0. The molecule has 24 heteroatoms. The highest BCUT2D eigenvalue weighted by atomic mass is 16.8. The van der Waals surface area contributed by atoms with Crippen molar-refractivity contribution in [1.29, 1.82) is 0 Å². The summed E-state index contributed by atoms with van der Waals surface area (Å²) in [6, 6.07) is 0. The molecule has 6 saturated heterocycles. The van der Waals surface area contributed by atoms with E-state index in [1.54, 1.807) is 13.8 Å². The third-order valence-corrected chi connectivity index (χ3v) is 18.1. The van der Waals surface area contributed by atoms with Crippen LogP contribution in [0.25, 0.3) is 0 Å². The second kappa shape index (κ2) is 38.2. The minimum Gasteiger partial charge on any atom is -0.457 e. The second-order valence-corrected chi connectivity index (χ2v) is 25.5. The molecular weight excluding hydrogens is 1150 g/mol. The van der Waals surface area contributed by atoms with E-state index in [0.717, 1.165) is 116 Å². The summed E-state index contributed by atoms with van der Waals surface area (Å²) in [4.78, 5) is 41.1. The largest absolute Gasteiger partial charge is 0.457 e. The highest BCUT2D eigenvalue weighted by Gasteiger charge is 2.58. The van der Waals surface area contributed by atoms with Gasteiger partial charge in [0.1, 0.15) is 73.2 Å². The maximum absolute atomic E-state index is 14.3. The van der Waals surface area contributed by atoms with Gasteiger partial charge in [0.25, 0.3) is 0 Å². The van der Waals surface area contributed by atoms with Gasteiger partial charge in [-0.2, -0.15) is 0 Å². The van der Waals surface area contributed by atoms with E-state index in [4.69, 9.17) is 61.6 Å². The predicted molar refractivity (Wildman–Crippen MR) is 315 cm³/mol. The fourth-order valence-corrected chi connectivity index (χ4v) is 12.6. The zero-order valence-corrected chi connectivity index (χ0v) is 53.7. The number of esters is 3. The third-order valence-electron chi connectivity index (χ3n) is 18.1. The van der Waals surface area contributed by atoms with Gasteiger partial charge in [-0.3, -0.25) is 14.4 Å². The van der Waals surface area contributed by atoms with E-state index in [2.05, 4.69) is 13.8 Å². The molecule has 24 nitrogen and oxygen atoms in total. The Bertz CT molecular complexity index is 1990. The molecule has 6 heterocycles. The lowest BCUT2D eigenvalue weighted by atomic mass is 9.95. The molecule has 512 valence electrons. The van der Waals surface area contributed by atoms with Gasteiger partial charge in [-0.15, -0.1) is 0 Å². The number of carbonyl (C=O) groups is 3. The molecule has 6 rings (SSSR count). The van der Waals surface area contributed by atoms with E-state index >= 15 is 0 Å². The van der Waals surface area contributed by atoms with Gasteiger partial charge in [0.15, 0.2) is 49.8 Å². The normalized spacial score (nSPS) is 40.9. The van der Waals surface area contributed by atoms with Crippen molar-refractivity contribution in [2.75, 3.05) is 0 Å². The van der Waals surface area contributed by atoms with E-state index < -0.39 is 171 Å². The lowest BCUT2D eigenvalue weighted by Gasteiger charge is -2.51. The van der Waals surface area contributed by atoms with Crippen molar-refractivity contribution in [3.8, 4) is 0 Å². The Hall–Kier alpha value is -2.31. The maximum Gasteiger partial charge on any atom is 0.306 e. The third kappa shape index (κ3) is 21.6. The molecule has 88 heavy (non-hydrogen) atoms. The molecule has 0 aromatic rings. The van der Waals surface area contributed by atoms with Crippen LogP contribution in [0.2, 0.25) is 0 Å². The topological polar surface area (TPSA) is 333 Å². The van der Waals surface area contributed by atoms with E-state index in [0.29, 0.717) is 32.1 Å². The summed E-state index contributed by atoms with van der Waals surface area (Å²) in [7, 11) is 0. The van der Waals surface area contributed by atoms with Gasteiger partial charge in [-0.25, -0.2) is 0 Å². The van der Waals surface area contributed by atoms with Crippen molar-refractivity contribution in [2.45, 2.75) is 388 Å². The maximum atomic E-state index is 14.3. The quantitative estimate of drug-likeness (QED) is 0.0285. The van der Waals surface area contributed by atoms with Crippen LogP contribution < -0.4 is 0 Å². The Balaban J connectivity index is 1.33. The van der Waals surface area contributed by atoms with Crippen LogP contribution in [0.1, 0.15) is 229 Å². The first-order valence-electron chi connectivity index (χ1n) is 33.8. The summed E-state index contributed by atoms with van der Waals surface area (Å²) in [5, 5.41) is 92.1. The Morgan fingerprint density at radius 1 is 0.398 bits per heavy atom. The lowest BCUT2D eigenvalue weighted by Crippen LogP contribution is -2.68. The minimum absolute atomic E-state index is 0.0201. The molecule has 0 radical (unpaired) electrons. The lowest BCUT2D eigenvalue weighted by molar-refractivity contribution is -0.399. The predicted octanol–water partition coefficient (Wildman–Crippen LogP) is 5.87. The summed E-state index contributed by atoms with van der Waals surface area (Å²) >= 11 is 0. The number of hydrogen-bond acceptors (Lipinski definition) is 24. The smallest absolute Gasteiger partial charge is 0.306 e. The number of carbonyl (C=O) groups excluding carboxylic acids is 3. The summed E-state index contributed by atoms with van der Waals surface area (Å²) in [6.45, 7) is 13.9. The molecule has 26 atom stereocenters. The Kier molecular flexibility index (Phi) is 32.4. The van der Waals surface area contributed by atoms with E-state index in [1.807, 2.05) is 6.92 Å². The highest BCUT2D eigenvalue weighted by Crippen LogP contribution is 2.39. The number of fused-ring (bicyclic) bond motifs is 2. The average molecular weight is 1270 g/mol. The van der Waals surface area contributed by atoms with Crippen molar-refractivity contribution in [1.82, 2.24) is 0 Å². The van der Waals surface area contributed by atoms with Crippen LogP contribution in [0.4, 0.5) is 0 Å². The van der Waals surface area contributed by atoms with Gasteiger partial charge in [0.2, 0.25) is 0 Å². The molecule has 0 aromatic carbocycles. The van der Waals surface area contributed by atoms with Crippen LogP contribution in [-0.2, 0) is 76.0 Å². The first-order valence-corrected chi connectivity index (χ1v) is 33.8. The van der Waals surface area contributed by atoms with Crippen molar-refractivity contribution in [3.63, 3.8) is 0 Å². The van der Waals surface area contributed by atoms with Gasteiger partial charge in [-0.05, 0) is 66.7 Å².